The standard InChI is InChI=1S/C39H52N8O7S/c1-3-5-6-7-8-15-24-33(41-39(51)54-31-22-16-17-23-31)38(50)46-26-30(47-43-35(42-45-47)29-20-13-10-14-21-29)25-34(46)37(49)40-32(4-2)36(48)44-55(52,53)27-28-18-11-9-12-19-28/h3,5,9-14,18-21,30-34H,4,6-8,15-17,22-27H2,1-2H3,(H,40,49)(H,41,51)(H,44,48)/b5-3-/t30-,32+,33+,34+/m1/s1. The fraction of sp³-hybridized carbons (Fsp3) is 0.513. The molecular weight excluding hydrogens is 725 g/mol. The Balaban J connectivity index is 1.35. The number of nitrogens with one attached hydrogen (secondary N) is 3. The number of alkyl carbamates (subject to hydrolysis) is 1. The normalized spacial score (nSPS) is 18.5. The number of carbonyl (C=O) groups is 4. The van der Waals surface area contributed by atoms with E-state index < -0.39 is 63.8 Å². The number of amides is 4. The Morgan fingerprint density at radius 2 is 1.65 bits per heavy atom. The van der Waals surface area contributed by atoms with E-state index in [1.54, 1.807) is 37.3 Å². The van der Waals surface area contributed by atoms with Crippen LogP contribution in [0.3, 0.4) is 0 Å². The van der Waals surface area contributed by atoms with E-state index in [0.717, 1.165) is 50.5 Å². The van der Waals surface area contributed by atoms with E-state index >= 15 is 0 Å². The molecule has 3 N–H and O–H groups in total. The van der Waals surface area contributed by atoms with Crippen molar-refractivity contribution in [3.8, 4) is 11.4 Å². The molecule has 1 saturated heterocycles. The number of sulfonamides is 1. The largest absolute Gasteiger partial charge is 0.446 e. The summed E-state index contributed by atoms with van der Waals surface area (Å²) < 4.78 is 33.5. The molecule has 55 heavy (non-hydrogen) atoms. The summed E-state index contributed by atoms with van der Waals surface area (Å²) in [7, 11) is -4.08. The Morgan fingerprint density at radius 1 is 0.945 bits per heavy atom. The lowest BCUT2D eigenvalue weighted by molar-refractivity contribution is -0.141. The maximum absolute atomic E-state index is 14.5. The second kappa shape index (κ2) is 20.0. The molecule has 1 aliphatic heterocycles. The molecule has 5 rings (SSSR count). The van der Waals surface area contributed by atoms with Gasteiger partial charge in [0.05, 0.1) is 11.8 Å². The summed E-state index contributed by atoms with van der Waals surface area (Å²) in [6.07, 6.45) is 10.4. The fourth-order valence-corrected chi connectivity index (χ4v) is 8.13. The van der Waals surface area contributed by atoms with Gasteiger partial charge in [-0.25, -0.2) is 13.2 Å². The fourth-order valence-electron chi connectivity index (χ4n) is 6.98. The number of unbranched alkanes of at least 4 members (excludes halogenated alkanes) is 3. The van der Waals surface area contributed by atoms with Crippen LogP contribution in [-0.2, 0) is 34.9 Å². The molecule has 16 heteroatoms. The zero-order valence-corrected chi connectivity index (χ0v) is 32.3. The number of carbonyl (C=O) groups excluding carboxylic acids is 4. The van der Waals surface area contributed by atoms with Crippen LogP contribution in [0.25, 0.3) is 11.4 Å². The Kier molecular flexibility index (Phi) is 14.9. The van der Waals surface area contributed by atoms with E-state index in [-0.39, 0.29) is 25.5 Å². The van der Waals surface area contributed by atoms with Gasteiger partial charge in [-0.1, -0.05) is 92.6 Å². The number of nitrogens with zero attached hydrogens (tertiary/aromatic N) is 5. The molecular formula is C39H52N8O7S. The van der Waals surface area contributed by atoms with Crippen LogP contribution in [0.15, 0.2) is 72.8 Å². The predicted molar refractivity (Wildman–Crippen MR) is 205 cm³/mol. The first kappa shape index (κ1) is 41.1. The highest BCUT2D eigenvalue weighted by atomic mass is 32.2. The van der Waals surface area contributed by atoms with Crippen molar-refractivity contribution in [2.45, 2.75) is 121 Å². The van der Waals surface area contributed by atoms with E-state index in [4.69, 9.17) is 4.74 Å². The number of allylic oxidation sites excluding steroid dienone is 2. The van der Waals surface area contributed by atoms with Gasteiger partial charge in [-0.2, -0.15) is 4.80 Å². The third kappa shape index (κ3) is 11.9. The van der Waals surface area contributed by atoms with Gasteiger partial charge in [-0.15, -0.1) is 10.2 Å². The van der Waals surface area contributed by atoms with E-state index in [0.29, 0.717) is 24.2 Å². The minimum atomic E-state index is -4.08. The minimum Gasteiger partial charge on any atom is -0.446 e. The van der Waals surface area contributed by atoms with Crippen LogP contribution in [0, 0.1) is 0 Å². The van der Waals surface area contributed by atoms with E-state index in [1.165, 1.54) is 9.70 Å². The van der Waals surface area contributed by atoms with E-state index in [2.05, 4.69) is 36.8 Å². The van der Waals surface area contributed by atoms with Gasteiger partial charge in [0.25, 0.3) is 5.91 Å². The number of hydrogen-bond donors (Lipinski definition) is 3. The predicted octanol–water partition coefficient (Wildman–Crippen LogP) is 4.59. The average molecular weight is 777 g/mol. The SMILES string of the molecule is C/C=C\CCCCC[C@H](NC(=O)OC1CCCC1)C(=O)N1C[C@H](n2nnc(-c3ccccc3)n2)C[C@H]1C(=O)N[C@@H](CC)C(=O)NS(=O)(=O)Cc1ccccc1. The highest BCUT2D eigenvalue weighted by Crippen LogP contribution is 2.29. The molecule has 0 spiro atoms. The lowest BCUT2D eigenvalue weighted by Gasteiger charge is -2.29. The maximum atomic E-state index is 14.5. The molecule has 1 aliphatic carbocycles. The number of benzene rings is 2. The van der Waals surface area contributed by atoms with Gasteiger partial charge in [-0.3, -0.25) is 19.1 Å². The molecule has 1 aromatic heterocycles. The van der Waals surface area contributed by atoms with Crippen LogP contribution in [0.5, 0.6) is 0 Å². The zero-order chi connectivity index (χ0) is 39.2. The van der Waals surface area contributed by atoms with Gasteiger partial charge in [0.15, 0.2) is 0 Å². The Labute approximate surface area is 322 Å². The Morgan fingerprint density at radius 3 is 2.35 bits per heavy atom. The summed E-state index contributed by atoms with van der Waals surface area (Å²) in [4.78, 5) is 57.8. The molecule has 1 saturated carbocycles. The van der Waals surface area contributed by atoms with Crippen molar-refractivity contribution in [1.82, 2.24) is 40.5 Å². The summed E-state index contributed by atoms with van der Waals surface area (Å²) in [6, 6.07) is 13.8. The maximum Gasteiger partial charge on any atom is 0.408 e. The van der Waals surface area contributed by atoms with Gasteiger partial charge in [0, 0.05) is 18.5 Å². The van der Waals surface area contributed by atoms with Gasteiger partial charge in [-0.05, 0) is 69.1 Å². The zero-order valence-electron chi connectivity index (χ0n) is 31.5. The molecule has 4 amide bonds. The molecule has 0 radical (unpaired) electrons. The topological polar surface area (TPSA) is 195 Å². The van der Waals surface area contributed by atoms with Crippen LogP contribution in [-0.4, -0.2) is 88.1 Å². The molecule has 4 atom stereocenters. The molecule has 15 nitrogen and oxygen atoms in total. The van der Waals surface area contributed by atoms with Crippen molar-refractivity contribution in [1.29, 1.82) is 0 Å². The van der Waals surface area contributed by atoms with E-state index in [1.807, 2.05) is 43.3 Å². The van der Waals surface area contributed by atoms with Crippen molar-refractivity contribution in [2.24, 2.45) is 0 Å². The molecule has 2 fully saturated rings. The van der Waals surface area contributed by atoms with Gasteiger partial charge >= 0.3 is 6.09 Å². The summed E-state index contributed by atoms with van der Waals surface area (Å²) in [5.41, 5.74) is 1.24. The third-order valence-electron chi connectivity index (χ3n) is 9.91. The smallest absolute Gasteiger partial charge is 0.408 e. The lowest BCUT2D eigenvalue weighted by atomic mass is 10.0. The Bertz CT molecular complexity index is 1870. The first-order valence-corrected chi connectivity index (χ1v) is 20.8. The minimum absolute atomic E-state index is 0.0209. The number of likely N-dealkylation sites (tertiary alicyclic amines) is 1. The summed E-state index contributed by atoms with van der Waals surface area (Å²) in [6.45, 7) is 3.63. The van der Waals surface area contributed by atoms with E-state index in [9.17, 15) is 27.6 Å². The number of tetrazole rings is 1. The summed E-state index contributed by atoms with van der Waals surface area (Å²) in [5, 5.41) is 18.5. The van der Waals surface area contributed by atoms with Gasteiger partial charge in [0.2, 0.25) is 27.7 Å². The number of hydrogen-bond acceptors (Lipinski definition) is 10. The summed E-state index contributed by atoms with van der Waals surface area (Å²) in [5.74, 6) is -2.07. The molecule has 2 aromatic carbocycles. The molecule has 296 valence electrons. The average Bonchev–Trinajstić information content (AvgIpc) is 3.97. The van der Waals surface area contributed by atoms with Crippen LogP contribution in [0.4, 0.5) is 4.79 Å². The van der Waals surface area contributed by atoms with Crippen LogP contribution in [0.2, 0.25) is 0 Å². The van der Waals surface area contributed by atoms with Crippen molar-refractivity contribution >= 4 is 33.8 Å². The first-order chi connectivity index (χ1) is 26.6. The number of aromatic nitrogens is 4. The molecule has 2 aliphatic rings. The second-order valence-corrected chi connectivity index (χ2v) is 15.8. The van der Waals surface area contributed by atoms with Crippen molar-refractivity contribution in [2.75, 3.05) is 6.54 Å². The van der Waals surface area contributed by atoms with Gasteiger partial charge < -0.3 is 20.3 Å². The van der Waals surface area contributed by atoms with Crippen LogP contribution < -0.4 is 15.4 Å². The second-order valence-electron chi connectivity index (χ2n) is 14.1. The molecule has 0 unspecified atom stereocenters. The Hall–Kier alpha value is -5.12. The highest BCUT2D eigenvalue weighted by molar-refractivity contribution is 7.89. The summed E-state index contributed by atoms with van der Waals surface area (Å²) >= 11 is 0. The lowest BCUT2D eigenvalue weighted by Crippen LogP contribution is -2.56. The highest BCUT2D eigenvalue weighted by Gasteiger charge is 2.44. The van der Waals surface area contributed by atoms with Crippen molar-refractivity contribution in [3.05, 3.63) is 78.4 Å². The monoisotopic (exact) mass is 776 g/mol. The number of ether oxygens (including phenoxy) is 1. The van der Waals surface area contributed by atoms with Crippen LogP contribution >= 0.6 is 0 Å². The van der Waals surface area contributed by atoms with Crippen LogP contribution in [0.1, 0.15) is 96.1 Å². The number of rotatable bonds is 18. The molecule has 3 aromatic rings. The molecule has 0 bridgehead atoms. The van der Waals surface area contributed by atoms with Crippen molar-refractivity contribution in [3.63, 3.8) is 0 Å². The third-order valence-corrected chi connectivity index (χ3v) is 11.1. The first-order valence-electron chi connectivity index (χ1n) is 19.2. The van der Waals surface area contributed by atoms with Gasteiger partial charge in [0.1, 0.15) is 24.2 Å². The molecule has 2 heterocycles. The van der Waals surface area contributed by atoms with Crippen molar-refractivity contribution < 1.29 is 32.3 Å². The quantitative estimate of drug-likeness (QED) is 0.122.